The molecule has 2 fully saturated rings. The summed E-state index contributed by atoms with van der Waals surface area (Å²) >= 11 is 0. The number of ether oxygens (including phenoxy) is 1. The third kappa shape index (κ3) is 4.90. The first kappa shape index (κ1) is 16.1. The minimum Gasteiger partial charge on any atom is -0.466 e. The van der Waals surface area contributed by atoms with Gasteiger partial charge in [-0.05, 0) is 38.5 Å². The van der Waals surface area contributed by atoms with Gasteiger partial charge in [0, 0.05) is 19.6 Å². The third-order valence-corrected chi connectivity index (χ3v) is 4.60. The number of esters is 1. The number of carbonyl (C=O) groups is 2. The van der Waals surface area contributed by atoms with Crippen LogP contribution in [-0.4, -0.2) is 43.1 Å². The molecule has 1 heterocycles. The molecular weight excluding hydrogens is 268 g/mol. The molecule has 0 bridgehead atoms. The molecule has 0 aromatic heterocycles. The fraction of sp³-hybridized carbons (Fsp3) is 0.875. The van der Waals surface area contributed by atoms with E-state index in [1.54, 1.807) is 4.90 Å². The van der Waals surface area contributed by atoms with Crippen molar-refractivity contribution in [2.45, 2.75) is 51.9 Å². The van der Waals surface area contributed by atoms with E-state index in [1.165, 1.54) is 32.1 Å². The Morgan fingerprint density at radius 2 is 1.90 bits per heavy atom. The van der Waals surface area contributed by atoms with Gasteiger partial charge in [-0.15, -0.1) is 0 Å². The second-order valence-corrected chi connectivity index (χ2v) is 6.23. The quantitative estimate of drug-likeness (QED) is 0.811. The third-order valence-electron chi connectivity index (χ3n) is 4.60. The Balaban J connectivity index is 1.74. The molecule has 120 valence electrons. The van der Waals surface area contributed by atoms with Gasteiger partial charge in [0.15, 0.2) is 0 Å². The minimum atomic E-state index is -0.165. The average Bonchev–Trinajstić information content (AvgIpc) is 2.54. The fourth-order valence-electron chi connectivity index (χ4n) is 3.35. The first-order chi connectivity index (χ1) is 10.2. The number of piperidine rings is 1. The van der Waals surface area contributed by atoms with Crippen molar-refractivity contribution in [2.24, 2.45) is 11.8 Å². The van der Waals surface area contributed by atoms with Crippen molar-refractivity contribution < 1.29 is 14.3 Å². The van der Waals surface area contributed by atoms with Crippen molar-refractivity contribution in [3.8, 4) is 0 Å². The molecule has 21 heavy (non-hydrogen) atoms. The smallest absolute Gasteiger partial charge is 0.317 e. The van der Waals surface area contributed by atoms with Crippen LogP contribution in [-0.2, 0) is 9.53 Å². The van der Waals surface area contributed by atoms with Gasteiger partial charge in [0.25, 0.3) is 0 Å². The van der Waals surface area contributed by atoms with Crippen LogP contribution >= 0.6 is 0 Å². The standard InChI is InChI=1S/C16H28N2O3/c1-2-21-15(19)14-9-6-10-18(12-14)16(20)17-11-13-7-4-3-5-8-13/h13-14H,2-12H2,1H3,(H,17,20). The second-order valence-electron chi connectivity index (χ2n) is 6.23. The SMILES string of the molecule is CCOC(=O)C1CCCN(C(=O)NCC2CCCCC2)C1. The van der Waals surface area contributed by atoms with Crippen LogP contribution in [0.1, 0.15) is 51.9 Å². The Kier molecular flexibility index (Phi) is 6.33. The summed E-state index contributed by atoms with van der Waals surface area (Å²) in [7, 11) is 0. The zero-order chi connectivity index (χ0) is 15.1. The van der Waals surface area contributed by atoms with E-state index in [-0.39, 0.29) is 17.9 Å². The number of nitrogens with one attached hydrogen (secondary N) is 1. The predicted molar refractivity (Wildman–Crippen MR) is 80.9 cm³/mol. The molecule has 2 aliphatic rings. The second kappa shape index (κ2) is 8.25. The van der Waals surface area contributed by atoms with Gasteiger partial charge >= 0.3 is 12.0 Å². The molecule has 0 aromatic carbocycles. The largest absolute Gasteiger partial charge is 0.466 e. The molecule has 1 N–H and O–H groups in total. The molecule has 1 saturated heterocycles. The van der Waals surface area contributed by atoms with Gasteiger partial charge in [0.2, 0.25) is 0 Å². The summed E-state index contributed by atoms with van der Waals surface area (Å²) in [6.07, 6.45) is 8.06. The van der Waals surface area contributed by atoms with Crippen LogP contribution in [0, 0.1) is 11.8 Å². The van der Waals surface area contributed by atoms with E-state index in [0.29, 0.717) is 19.1 Å². The number of hydrogen-bond donors (Lipinski definition) is 1. The summed E-state index contributed by atoms with van der Waals surface area (Å²) in [5.41, 5.74) is 0. The molecule has 5 heteroatoms. The monoisotopic (exact) mass is 296 g/mol. The molecule has 0 radical (unpaired) electrons. The van der Waals surface area contributed by atoms with Gasteiger partial charge in [-0.2, -0.15) is 0 Å². The highest BCUT2D eigenvalue weighted by Crippen LogP contribution is 2.23. The van der Waals surface area contributed by atoms with Crippen LogP contribution in [0.25, 0.3) is 0 Å². The van der Waals surface area contributed by atoms with Crippen molar-refractivity contribution in [2.75, 3.05) is 26.2 Å². The van der Waals surface area contributed by atoms with Crippen LogP contribution in [0.2, 0.25) is 0 Å². The summed E-state index contributed by atoms with van der Waals surface area (Å²) in [6, 6.07) is -0.0189. The number of nitrogens with zero attached hydrogens (tertiary/aromatic N) is 1. The number of likely N-dealkylation sites (tertiary alicyclic amines) is 1. The molecule has 0 aromatic rings. The van der Waals surface area contributed by atoms with Crippen molar-refractivity contribution in [3.05, 3.63) is 0 Å². The van der Waals surface area contributed by atoms with E-state index in [9.17, 15) is 9.59 Å². The highest BCUT2D eigenvalue weighted by atomic mass is 16.5. The average molecular weight is 296 g/mol. The maximum atomic E-state index is 12.2. The summed E-state index contributed by atoms with van der Waals surface area (Å²) < 4.78 is 5.07. The molecule has 2 rings (SSSR count). The van der Waals surface area contributed by atoms with Gasteiger partial charge in [-0.25, -0.2) is 4.79 Å². The number of amides is 2. The van der Waals surface area contributed by atoms with E-state index < -0.39 is 0 Å². The number of hydrogen-bond acceptors (Lipinski definition) is 3. The van der Waals surface area contributed by atoms with E-state index in [4.69, 9.17) is 4.74 Å². The van der Waals surface area contributed by atoms with Crippen molar-refractivity contribution in [1.29, 1.82) is 0 Å². The molecule has 5 nitrogen and oxygen atoms in total. The Bertz CT molecular complexity index is 353. The summed E-state index contributed by atoms with van der Waals surface area (Å²) in [6.45, 7) is 4.24. The fourth-order valence-corrected chi connectivity index (χ4v) is 3.35. The Morgan fingerprint density at radius 1 is 1.14 bits per heavy atom. The predicted octanol–water partition coefficient (Wildman–Crippen LogP) is 2.55. The molecule has 0 spiro atoms. The van der Waals surface area contributed by atoms with E-state index in [1.807, 2.05) is 6.92 Å². The molecule has 1 saturated carbocycles. The van der Waals surface area contributed by atoms with Gasteiger partial charge in [0.1, 0.15) is 0 Å². The van der Waals surface area contributed by atoms with Gasteiger partial charge in [-0.1, -0.05) is 19.3 Å². The van der Waals surface area contributed by atoms with Crippen molar-refractivity contribution in [1.82, 2.24) is 10.2 Å². The lowest BCUT2D eigenvalue weighted by Gasteiger charge is -2.32. The first-order valence-electron chi connectivity index (χ1n) is 8.40. The van der Waals surface area contributed by atoms with Crippen LogP contribution in [0.3, 0.4) is 0 Å². The number of rotatable bonds is 4. The molecule has 1 unspecified atom stereocenters. The van der Waals surface area contributed by atoms with E-state index >= 15 is 0 Å². The van der Waals surface area contributed by atoms with E-state index in [0.717, 1.165) is 25.9 Å². The number of carbonyl (C=O) groups excluding carboxylic acids is 2. The van der Waals surface area contributed by atoms with E-state index in [2.05, 4.69) is 5.32 Å². The first-order valence-corrected chi connectivity index (χ1v) is 8.40. The van der Waals surface area contributed by atoms with Crippen LogP contribution in [0.4, 0.5) is 4.79 Å². The van der Waals surface area contributed by atoms with Crippen molar-refractivity contribution in [3.63, 3.8) is 0 Å². The molecule has 1 atom stereocenters. The highest BCUT2D eigenvalue weighted by molar-refractivity contribution is 5.77. The minimum absolute atomic E-state index is 0.0189. The zero-order valence-corrected chi connectivity index (χ0v) is 13.1. The van der Waals surface area contributed by atoms with Gasteiger partial charge < -0.3 is 15.0 Å². The summed E-state index contributed by atoms with van der Waals surface area (Å²) in [4.78, 5) is 25.8. The molecule has 2 amide bonds. The van der Waals surface area contributed by atoms with Gasteiger partial charge in [0.05, 0.1) is 12.5 Å². The van der Waals surface area contributed by atoms with Gasteiger partial charge in [-0.3, -0.25) is 4.79 Å². The van der Waals surface area contributed by atoms with Crippen LogP contribution in [0.15, 0.2) is 0 Å². The molecular formula is C16H28N2O3. The lowest BCUT2D eigenvalue weighted by Crippen LogP contribution is -2.48. The molecule has 1 aliphatic heterocycles. The lowest BCUT2D eigenvalue weighted by atomic mass is 9.89. The maximum Gasteiger partial charge on any atom is 0.317 e. The topological polar surface area (TPSA) is 58.6 Å². The highest BCUT2D eigenvalue weighted by Gasteiger charge is 2.29. The Morgan fingerprint density at radius 3 is 2.62 bits per heavy atom. The summed E-state index contributed by atoms with van der Waals surface area (Å²) in [5, 5.41) is 3.05. The molecule has 1 aliphatic carbocycles. The van der Waals surface area contributed by atoms with Crippen molar-refractivity contribution >= 4 is 12.0 Å². The lowest BCUT2D eigenvalue weighted by molar-refractivity contribution is -0.149. The zero-order valence-electron chi connectivity index (χ0n) is 13.1. The van der Waals surface area contributed by atoms with Crippen LogP contribution in [0.5, 0.6) is 0 Å². The number of urea groups is 1. The summed E-state index contributed by atoms with van der Waals surface area (Å²) in [5.74, 6) is 0.315. The van der Waals surface area contributed by atoms with Crippen LogP contribution < -0.4 is 5.32 Å². The normalized spacial score (nSPS) is 23.7. The Hall–Kier alpha value is -1.26. The maximum absolute atomic E-state index is 12.2. The Labute approximate surface area is 127 Å².